The maximum atomic E-state index is 13.4. The van der Waals surface area contributed by atoms with Crippen LogP contribution in [0.1, 0.15) is 43.0 Å². The van der Waals surface area contributed by atoms with Gasteiger partial charge in [-0.2, -0.15) is 0 Å². The average molecular weight is 507 g/mol. The zero-order chi connectivity index (χ0) is 25.9. The number of rotatable bonds is 8. The molecule has 2 fully saturated rings. The number of carbonyl (C=O) groups is 2. The third kappa shape index (κ3) is 5.22. The second kappa shape index (κ2) is 10.9. The second-order valence-corrected chi connectivity index (χ2v) is 9.82. The van der Waals surface area contributed by atoms with E-state index in [1.807, 2.05) is 50.2 Å². The Labute approximate surface area is 217 Å². The summed E-state index contributed by atoms with van der Waals surface area (Å²) in [7, 11) is 0. The first-order valence-corrected chi connectivity index (χ1v) is 13.1. The third-order valence-corrected chi connectivity index (χ3v) is 7.12. The Kier molecular flexibility index (Phi) is 7.48. The van der Waals surface area contributed by atoms with E-state index in [2.05, 4.69) is 4.90 Å². The number of Topliss-reactive ketones (excluding diaryl/α,β-unsaturated/α-hetero) is 1. The molecule has 8 nitrogen and oxygen atoms in total. The molecule has 2 atom stereocenters. The first-order valence-electron chi connectivity index (χ1n) is 13.1. The van der Waals surface area contributed by atoms with Crippen molar-refractivity contribution in [2.75, 3.05) is 46.0 Å². The Morgan fingerprint density at radius 3 is 2.70 bits per heavy atom. The van der Waals surface area contributed by atoms with Crippen molar-refractivity contribution in [2.45, 2.75) is 38.8 Å². The van der Waals surface area contributed by atoms with Crippen LogP contribution in [0, 0.1) is 0 Å². The first kappa shape index (κ1) is 25.3. The molecule has 0 spiro atoms. The Morgan fingerprint density at radius 2 is 1.92 bits per heavy atom. The Morgan fingerprint density at radius 1 is 1.11 bits per heavy atom. The predicted molar refractivity (Wildman–Crippen MR) is 139 cm³/mol. The number of carbonyl (C=O) groups excluding carboxylic acids is 2. The smallest absolute Gasteiger partial charge is 0.295 e. The monoisotopic (exact) mass is 506 g/mol. The van der Waals surface area contributed by atoms with Crippen molar-refractivity contribution in [1.82, 2.24) is 9.80 Å². The van der Waals surface area contributed by atoms with Crippen molar-refractivity contribution in [1.29, 1.82) is 0 Å². The molecule has 2 aromatic carbocycles. The van der Waals surface area contributed by atoms with Gasteiger partial charge in [0.25, 0.3) is 11.7 Å². The molecular weight excluding hydrogens is 472 g/mol. The Hall–Kier alpha value is -3.36. The van der Waals surface area contributed by atoms with Crippen LogP contribution in [0.3, 0.4) is 0 Å². The van der Waals surface area contributed by atoms with Crippen LogP contribution < -0.4 is 9.47 Å². The molecule has 1 amide bonds. The normalized spacial score (nSPS) is 23.2. The molecule has 2 aromatic rings. The summed E-state index contributed by atoms with van der Waals surface area (Å²) in [6.07, 6.45) is 1.65. The number of morpholine rings is 1. The van der Waals surface area contributed by atoms with Gasteiger partial charge < -0.3 is 24.2 Å². The highest BCUT2D eigenvalue weighted by molar-refractivity contribution is 6.46. The molecule has 3 heterocycles. The first-order chi connectivity index (χ1) is 18.0. The fourth-order valence-electron chi connectivity index (χ4n) is 5.25. The summed E-state index contributed by atoms with van der Waals surface area (Å²) in [5.41, 5.74) is 2.32. The predicted octanol–water partition coefficient (Wildman–Crippen LogP) is 3.55. The van der Waals surface area contributed by atoms with Crippen molar-refractivity contribution in [3.63, 3.8) is 0 Å². The minimum Gasteiger partial charge on any atom is -0.507 e. The number of ketones is 1. The maximum absolute atomic E-state index is 13.4. The van der Waals surface area contributed by atoms with E-state index in [0.717, 1.165) is 42.8 Å². The fourth-order valence-corrected chi connectivity index (χ4v) is 5.25. The number of aliphatic hydroxyl groups is 1. The highest BCUT2D eigenvalue weighted by atomic mass is 16.5. The van der Waals surface area contributed by atoms with E-state index in [9.17, 15) is 14.7 Å². The van der Waals surface area contributed by atoms with Crippen LogP contribution in [0.15, 0.2) is 48.0 Å². The van der Waals surface area contributed by atoms with Gasteiger partial charge in [-0.25, -0.2) is 0 Å². The highest BCUT2D eigenvalue weighted by Gasteiger charge is 2.46. The number of fused-ring (bicyclic) bond motifs is 1. The number of likely N-dealkylation sites (tertiary alicyclic amines) is 1. The van der Waals surface area contributed by atoms with Gasteiger partial charge in [0.1, 0.15) is 23.4 Å². The summed E-state index contributed by atoms with van der Waals surface area (Å²) in [6.45, 7) is 8.44. The molecule has 0 saturated carbocycles. The quantitative estimate of drug-likeness (QED) is 0.333. The molecular formula is C29H34N2O6. The molecule has 3 aliphatic heterocycles. The van der Waals surface area contributed by atoms with E-state index in [0.29, 0.717) is 44.2 Å². The zero-order valence-corrected chi connectivity index (χ0v) is 21.4. The van der Waals surface area contributed by atoms with Gasteiger partial charge in [0, 0.05) is 38.2 Å². The molecule has 0 aliphatic carbocycles. The summed E-state index contributed by atoms with van der Waals surface area (Å²) in [4.78, 5) is 30.5. The van der Waals surface area contributed by atoms with Gasteiger partial charge in [0.05, 0.1) is 31.4 Å². The van der Waals surface area contributed by atoms with Crippen LogP contribution in [-0.2, 0) is 20.7 Å². The average Bonchev–Trinajstić information content (AvgIpc) is 3.41. The molecule has 0 radical (unpaired) electrons. The Balaban J connectivity index is 1.53. The van der Waals surface area contributed by atoms with Crippen LogP contribution >= 0.6 is 0 Å². The summed E-state index contributed by atoms with van der Waals surface area (Å²) in [5, 5.41) is 11.5. The SMILES string of the molecule is CCCOc1cccc(C2/C(=C(\O)c3ccc4c(c3)CC(C)O4)C(=O)C(=O)N2CCN2CCOCC2)c1. The highest BCUT2D eigenvalue weighted by Crippen LogP contribution is 2.41. The fraction of sp³-hybridized carbons (Fsp3) is 0.448. The van der Waals surface area contributed by atoms with E-state index >= 15 is 0 Å². The van der Waals surface area contributed by atoms with Crippen LogP contribution in [0.25, 0.3) is 5.76 Å². The van der Waals surface area contributed by atoms with Crippen molar-refractivity contribution < 1.29 is 28.9 Å². The van der Waals surface area contributed by atoms with Crippen LogP contribution in [0.2, 0.25) is 0 Å². The van der Waals surface area contributed by atoms with Crippen LogP contribution in [-0.4, -0.2) is 78.7 Å². The van der Waals surface area contributed by atoms with E-state index in [1.54, 1.807) is 11.0 Å². The van der Waals surface area contributed by atoms with Gasteiger partial charge in [-0.1, -0.05) is 19.1 Å². The molecule has 2 unspecified atom stereocenters. The van der Waals surface area contributed by atoms with Crippen LogP contribution in [0.5, 0.6) is 11.5 Å². The minimum absolute atomic E-state index is 0.0593. The molecule has 0 bridgehead atoms. The third-order valence-electron chi connectivity index (χ3n) is 7.12. The second-order valence-electron chi connectivity index (χ2n) is 9.82. The number of amides is 1. The molecule has 1 N–H and O–H groups in total. The number of hydrogen-bond acceptors (Lipinski definition) is 7. The Bertz CT molecular complexity index is 1200. The van der Waals surface area contributed by atoms with Gasteiger partial charge >= 0.3 is 0 Å². The number of hydrogen-bond donors (Lipinski definition) is 1. The molecule has 2 saturated heterocycles. The summed E-state index contributed by atoms with van der Waals surface area (Å²) in [5.74, 6) is 0.0147. The van der Waals surface area contributed by atoms with Gasteiger partial charge in [-0.15, -0.1) is 0 Å². The van der Waals surface area contributed by atoms with Crippen molar-refractivity contribution in [3.05, 3.63) is 64.7 Å². The minimum atomic E-state index is -0.713. The van der Waals surface area contributed by atoms with Crippen molar-refractivity contribution in [2.24, 2.45) is 0 Å². The number of benzene rings is 2. The number of aliphatic hydroxyl groups excluding tert-OH is 1. The van der Waals surface area contributed by atoms with Gasteiger partial charge in [0.15, 0.2) is 0 Å². The largest absolute Gasteiger partial charge is 0.507 e. The standard InChI is InChI=1S/C29H34N2O6/c1-3-13-36-23-6-4-5-20(18-23)26-25(27(32)21-7-8-24-22(17-21)16-19(2)37-24)28(33)29(34)31(26)10-9-30-11-14-35-15-12-30/h4-8,17-19,26,32H,3,9-16H2,1-2H3/b27-25+. The molecule has 37 heavy (non-hydrogen) atoms. The molecule has 0 aromatic heterocycles. The topological polar surface area (TPSA) is 88.5 Å². The number of nitrogens with zero attached hydrogens (tertiary/aromatic N) is 2. The van der Waals surface area contributed by atoms with E-state index in [-0.39, 0.29) is 17.4 Å². The zero-order valence-electron chi connectivity index (χ0n) is 21.4. The van der Waals surface area contributed by atoms with Crippen molar-refractivity contribution >= 4 is 17.4 Å². The lowest BCUT2D eigenvalue weighted by Gasteiger charge is -2.31. The lowest BCUT2D eigenvalue weighted by atomic mass is 9.94. The van der Waals surface area contributed by atoms with Gasteiger partial charge in [-0.3, -0.25) is 14.5 Å². The van der Waals surface area contributed by atoms with E-state index in [4.69, 9.17) is 14.2 Å². The molecule has 5 rings (SSSR count). The van der Waals surface area contributed by atoms with Crippen LogP contribution in [0.4, 0.5) is 0 Å². The summed E-state index contributed by atoms with van der Waals surface area (Å²) < 4.78 is 17.1. The van der Waals surface area contributed by atoms with Crippen molar-refractivity contribution in [3.8, 4) is 11.5 Å². The molecule has 8 heteroatoms. The van der Waals surface area contributed by atoms with E-state index in [1.165, 1.54) is 0 Å². The maximum Gasteiger partial charge on any atom is 0.295 e. The number of ether oxygens (including phenoxy) is 3. The summed E-state index contributed by atoms with van der Waals surface area (Å²) in [6, 6.07) is 12.2. The molecule has 3 aliphatic rings. The van der Waals surface area contributed by atoms with Gasteiger partial charge in [0.2, 0.25) is 0 Å². The lowest BCUT2D eigenvalue weighted by Crippen LogP contribution is -2.42. The lowest BCUT2D eigenvalue weighted by molar-refractivity contribution is -0.140. The molecule has 196 valence electrons. The van der Waals surface area contributed by atoms with E-state index < -0.39 is 17.7 Å². The summed E-state index contributed by atoms with van der Waals surface area (Å²) >= 11 is 0. The van der Waals surface area contributed by atoms with Gasteiger partial charge in [-0.05, 0) is 54.8 Å².